The molecular formula is C15H13FN4O. The minimum absolute atomic E-state index is 0.0957. The van der Waals surface area contributed by atoms with Crippen molar-refractivity contribution in [2.75, 3.05) is 0 Å². The monoisotopic (exact) mass is 284 g/mol. The zero-order chi connectivity index (χ0) is 14.8. The number of nitrogens with zero attached hydrogens (tertiary/aromatic N) is 2. The van der Waals surface area contributed by atoms with Gasteiger partial charge in [0.1, 0.15) is 17.4 Å². The van der Waals surface area contributed by atoms with E-state index >= 15 is 0 Å². The molecule has 0 saturated heterocycles. The standard InChI is InChI=1S/C15H13FN4O/c16-10-7-5-9(6-8-10)13(17)15-18-14(19-20-15)11-3-1-2-4-12(11)21/h1-8,13,21H,17H2,(H,18,19,20)/t13-/m0/s1. The molecule has 1 aromatic heterocycles. The van der Waals surface area contributed by atoms with Gasteiger partial charge in [0.25, 0.3) is 0 Å². The summed E-state index contributed by atoms with van der Waals surface area (Å²) in [4.78, 5) is 4.29. The van der Waals surface area contributed by atoms with E-state index in [0.29, 0.717) is 17.2 Å². The zero-order valence-electron chi connectivity index (χ0n) is 11.0. The minimum Gasteiger partial charge on any atom is -0.507 e. The van der Waals surface area contributed by atoms with Gasteiger partial charge in [0.05, 0.1) is 11.6 Å². The number of para-hydroxylation sites is 1. The lowest BCUT2D eigenvalue weighted by atomic mass is 10.1. The lowest BCUT2D eigenvalue weighted by molar-refractivity contribution is 0.477. The minimum atomic E-state index is -0.544. The van der Waals surface area contributed by atoms with Crippen LogP contribution in [0.2, 0.25) is 0 Å². The molecule has 6 heteroatoms. The van der Waals surface area contributed by atoms with E-state index in [1.165, 1.54) is 12.1 Å². The fraction of sp³-hybridized carbons (Fsp3) is 0.0667. The summed E-state index contributed by atoms with van der Waals surface area (Å²) in [6, 6.07) is 12.1. The van der Waals surface area contributed by atoms with Gasteiger partial charge >= 0.3 is 0 Å². The number of nitrogens with two attached hydrogens (primary N) is 1. The number of rotatable bonds is 3. The molecule has 3 rings (SSSR count). The summed E-state index contributed by atoms with van der Waals surface area (Å²) in [6.45, 7) is 0. The number of halogens is 1. The van der Waals surface area contributed by atoms with Crippen LogP contribution < -0.4 is 5.73 Å². The van der Waals surface area contributed by atoms with E-state index in [0.717, 1.165) is 5.56 Å². The number of aromatic nitrogens is 3. The van der Waals surface area contributed by atoms with Gasteiger partial charge in [-0.1, -0.05) is 24.3 Å². The van der Waals surface area contributed by atoms with Gasteiger partial charge in [-0.05, 0) is 29.8 Å². The molecule has 2 aromatic carbocycles. The number of aromatic hydroxyl groups is 1. The Morgan fingerprint density at radius 1 is 1.10 bits per heavy atom. The molecule has 1 heterocycles. The Hall–Kier alpha value is -2.73. The van der Waals surface area contributed by atoms with Crippen molar-refractivity contribution in [3.8, 4) is 17.1 Å². The number of nitrogens with one attached hydrogen (secondary N) is 1. The van der Waals surface area contributed by atoms with E-state index < -0.39 is 6.04 Å². The Kier molecular flexibility index (Phi) is 3.37. The molecule has 0 bridgehead atoms. The summed E-state index contributed by atoms with van der Waals surface area (Å²) in [6.07, 6.45) is 0. The van der Waals surface area contributed by atoms with Crippen LogP contribution in [0.3, 0.4) is 0 Å². The largest absolute Gasteiger partial charge is 0.507 e. The maximum atomic E-state index is 12.9. The second-order valence-electron chi connectivity index (χ2n) is 4.59. The van der Waals surface area contributed by atoms with Crippen LogP contribution in [0.5, 0.6) is 5.75 Å². The van der Waals surface area contributed by atoms with Crippen LogP contribution in [0.15, 0.2) is 48.5 Å². The first-order valence-corrected chi connectivity index (χ1v) is 6.37. The summed E-state index contributed by atoms with van der Waals surface area (Å²) in [5.41, 5.74) is 7.32. The van der Waals surface area contributed by atoms with Crippen LogP contribution in [0, 0.1) is 5.82 Å². The molecule has 0 saturated carbocycles. The SMILES string of the molecule is N[C@@H](c1ccc(F)cc1)c1nc(-c2ccccc2O)n[nH]1. The molecule has 0 aliphatic rings. The van der Waals surface area contributed by atoms with Gasteiger partial charge in [-0.2, -0.15) is 5.10 Å². The Bertz CT molecular complexity index is 754. The lowest BCUT2D eigenvalue weighted by Gasteiger charge is -2.08. The van der Waals surface area contributed by atoms with Crippen molar-refractivity contribution in [2.24, 2.45) is 5.73 Å². The number of H-pyrrole nitrogens is 1. The number of hydrogen-bond acceptors (Lipinski definition) is 4. The first kappa shape index (κ1) is 13.3. The van der Waals surface area contributed by atoms with Crippen molar-refractivity contribution in [3.63, 3.8) is 0 Å². The van der Waals surface area contributed by atoms with E-state index in [1.54, 1.807) is 36.4 Å². The molecule has 0 unspecified atom stereocenters. The highest BCUT2D eigenvalue weighted by atomic mass is 19.1. The molecule has 106 valence electrons. The summed E-state index contributed by atoms with van der Waals surface area (Å²) in [5.74, 6) is 0.581. The van der Waals surface area contributed by atoms with Crippen molar-refractivity contribution in [2.45, 2.75) is 6.04 Å². The van der Waals surface area contributed by atoms with E-state index in [4.69, 9.17) is 5.73 Å². The van der Waals surface area contributed by atoms with Crippen molar-refractivity contribution < 1.29 is 9.50 Å². The number of phenols is 1. The van der Waals surface area contributed by atoms with Gasteiger partial charge in [-0.15, -0.1) is 0 Å². The van der Waals surface area contributed by atoms with Gasteiger partial charge in [0.15, 0.2) is 5.82 Å². The molecule has 4 N–H and O–H groups in total. The molecule has 1 atom stereocenters. The smallest absolute Gasteiger partial charge is 0.184 e. The van der Waals surface area contributed by atoms with E-state index in [-0.39, 0.29) is 11.6 Å². The third-order valence-corrected chi connectivity index (χ3v) is 3.17. The summed E-state index contributed by atoms with van der Waals surface area (Å²) in [7, 11) is 0. The molecule has 21 heavy (non-hydrogen) atoms. The predicted molar refractivity (Wildman–Crippen MR) is 75.9 cm³/mol. The van der Waals surface area contributed by atoms with Crippen LogP contribution in [0.25, 0.3) is 11.4 Å². The first-order valence-electron chi connectivity index (χ1n) is 6.37. The summed E-state index contributed by atoms with van der Waals surface area (Å²) >= 11 is 0. The topological polar surface area (TPSA) is 87.8 Å². The average Bonchev–Trinajstić information content (AvgIpc) is 2.97. The maximum absolute atomic E-state index is 12.9. The summed E-state index contributed by atoms with van der Waals surface area (Å²) in [5, 5.41) is 16.6. The van der Waals surface area contributed by atoms with Gasteiger partial charge in [0, 0.05) is 0 Å². The second kappa shape index (κ2) is 5.34. The van der Waals surface area contributed by atoms with Crippen molar-refractivity contribution in [1.29, 1.82) is 0 Å². The Balaban J connectivity index is 1.91. The van der Waals surface area contributed by atoms with Crippen LogP contribution in [-0.4, -0.2) is 20.3 Å². The molecule has 0 aliphatic heterocycles. The zero-order valence-corrected chi connectivity index (χ0v) is 11.0. The van der Waals surface area contributed by atoms with Crippen molar-refractivity contribution >= 4 is 0 Å². The van der Waals surface area contributed by atoms with Crippen LogP contribution in [0.4, 0.5) is 4.39 Å². The van der Waals surface area contributed by atoms with E-state index in [9.17, 15) is 9.50 Å². The first-order chi connectivity index (χ1) is 10.1. The number of hydrogen-bond donors (Lipinski definition) is 3. The highest BCUT2D eigenvalue weighted by molar-refractivity contribution is 5.63. The van der Waals surface area contributed by atoms with Crippen molar-refractivity contribution in [1.82, 2.24) is 15.2 Å². The van der Waals surface area contributed by atoms with Gasteiger partial charge < -0.3 is 10.8 Å². The molecular weight excluding hydrogens is 271 g/mol. The maximum Gasteiger partial charge on any atom is 0.184 e. The molecule has 3 aromatic rings. The number of benzene rings is 2. The van der Waals surface area contributed by atoms with Gasteiger partial charge in [-0.25, -0.2) is 9.37 Å². The third-order valence-electron chi connectivity index (χ3n) is 3.17. The normalized spacial score (nSPS) is 12.3. The third kappa shape index (κ3) is 2.61. The van der Waals surface area contributed by atoms with E-state index in [1.807, 2.05) is 0 Å². The molecule has 0 radical (unpaired) electrons. The van der Waals surface area contributed by atoms with Crippen LogP contribution in [0.1, 0.15) is 17.4 Å². The average molecular weight is 284 g/mol. The lowest BCUT2D eigenvalue weighted by Crippen LogP contribution is -2.13. The second-order valence-corrected chi connectivity index (χ2v) is 4.59. The number of phenolic OH excluding ortho intramolecular Hbond substituents is 1. The fourth-order valence-electron chi connectivity index (χ4n) is 2.02. The molecule has 0 spiro atoms. The van der Waals surface area contributed by atoms with Crippen LogP contribution in [-0.2, 0) is 0 Å². The predicted octanol–water partition coefficient (Wildman–Crippen LogP) is 2.36. The van der Waals surface area contributed by atoms with Crippen molar-refractivity contribution in [3.05, 3.63) is 65.7 Å². The highest BCUT2D eigenvalue weighted by Crippen LogP contribution is 2.26. The Morgan fingerprint density at radius 2 is 1.81 bits per heavy atom. The van der Waals surface area contributed by atoms with Gasteiger partial charge in [-0.3, -0.25) is 5.10 Å². The fourth-order valence-corrected chi connectivity index (χ4v) is 2.02. The molecule has 5 nitrogen and oxygen atoms in total. The van der Waals surface area contributed by atoms with E-state index in [2.05, 4.69) is 15.2 Å². The number of aromatic amines is 1. The highest BCUT2D eigenvalue weighted by Gasteiger charge is 2.16. The Labute approximate surface area is 120 Å². The van der Waals surface area contributed by atoms with Crippen LogP contribution >= 0.6 is 0 Å². The quantitative estimate of drug-likeness (QED) is 0.689. The molecule has 0 aliphatic carbocycles. The molecule has 0 fully saturated rings. The van der Waals surface area contributed by atoms with Gasteiger partial charge in [0.2, 0.25) is 0 Å². The summed E-state index contributed by atoms with van der Waals surface area (Å²) < 4.78 is 12.9. The molecule has 0 amide bonds. The Morgan fingerprint density at radius 3 is 2.52 bits per heavy atom.